The maximum atomic E-state index is 11.1. The molecule has 2 aromatic carbocycles. The van der Waals surface area contributed by atoms with Gasteiger partial charge >= 0.3 is 0 Å². The van der Waals surface area contributed by atoms with Crippen molar-refractivity contribution in [3.63, 3.8) is 0 Å². The Kier molecular flexibility index (Phi) is 6.46. The fourth-order valence-corrected chi connectivity index (χ4v) is 4.71. The molecule has 2 atom stereocenters. The largest absolute Gasteiger partial charge is 0.269 e. The molecule has 0 fully saturated rings. The third-order valence-electron chi connectivity index (χ3n) is 5.98. The highest BCUT2D eigenvalue weighted by molar-refractivity contribution is 5.42. The minimum absolute atomic E-state index is 0.0805. The predicted octanol–water partition coefficient (Wildman–Crippen LogP) is 6.90. The number of rotatable bonds is 8. The summed E-state index contributed by atoms with van der Waals surface area (Å²) in [5, 5.41) is 11.1. The molecule has 2 rings (SSSR count). The second kappa shape index (κ2) is 8.24. The molecule has 0 radical (unpaired) electrons. The van der Waals surface area contributed by atoms with Gasteiger partial charge in [0.1, 0.15) is 0 Å². The molecule has 0 saturated carbocycles. The van der Waals surface area contributed by atoms with Crippen molar-refractivity contribution >= 4 is 5.69 Å². The zero-order chi connectivity index (χ0) is 20.2. The molecule has 0 aliphatic carbocycles. The molecule has 0 saturated heterocycles. The molecule has 0 amide bonds. The van der Waals surface area contributed by atoms with Crippen molar-refractivity contribution in [1.82, 2.24) is 0 Å². The zero-order valence-electron chi connectivity index (χ0n) is 17.5. The van der Waals surface area contributed by atoms with Gasteiger partial charge in [0, 0.05) is 23.0 Å². The van der Waals surface area contributed by atoms with Crippen LogP contribution in [0.1, 0.15) is 65.5 Å². The van der Waals surface area contributed by atoms with E-state index in [0.717, 1.165) is 12.8 Å². The lowest BCUT2D eigenvalue weighted by Crippen LogP contribution is -2.47. The van der Waals surface area contributed by atoms with E-state index in [1.807, 2.05) is 12.1 Å². The first kappa shape index (κ1) is 21.1. The first-order valence-electron chi connectivity index (χ1n) is 9.90. The Morgan fingerprint density at radius 3 is 1.56 bits per heavy atom. The highest BCUT2D eigenvalue weighted by Crippen LogP contribution is 2.51. The Labute approximate surface area is 164 Å². The average Bonchev–Trinajstić information content (AvgIpc) is 2.61. The minimum Gasteiger partial charge on any atom is -0.258 e. The molecule has 0 aliphatic heterocycles. The van der Waals surface area contributed by atoms with Gasteiger partial charge in [0.05, 0.1) is 4.92 Å². The molecule has 0 aromatic heterocycles. The summed E-state index contributed by atoms with van der Waals surface area (Å²) in [4.78, 5) is 10.8. The van der Waals surface area contributed by atoms with Crippen LogP contribution < -0.4 is 0 Å². The van der Waals surface area contributed by atoms with E-state index in [1.165, 1.54) is 11.1 Å². The van der Waals surface area contributed by atoms with E-state index in [0.29, 0.717) is 11.8 Å². The molecule has 2 aromatic rings. The molecule has 0 bridgehead atoms. The van der Waals surface area contributed by atoms with Crippen LogP contribution in [-0.4, -0.2) is 4.92 Å². The van der Waals surface area contributed by atoms with Gasteiger partial charge in [-0.1, -0.05) is 84.0 Å². The maximum absolute atomic E-state index is 11.1. The molecule has 0 aliphatic rings. The molecule has 27 heavy (non-hydrogen) atoms. The number of nitrogens with zero attached hydrogens (tertiary/aromatic N) is 1. The first-order valence-corrected chi connectivity index (χ1v) is 9.90. The van der Waals surface area contributed by atoms with Crippen LogP contribution in [0, 0.1) is 22.0 Å². The molecule has 0 unspecified atom stereocenters. The van der Waals surface area contributed by atoms with Gasteiger partial charge in [0.25, 0.3) is 5.69 Å². The Bertz CT molecular complexity index is 752. The number of hydrogen-bond donors (Lipinski definition) is 0. The third-order valence-corrected chi connectivity index (χ3v) is 5.98. The second-order valence-electron chi connectivity index (χ2n) is 9.03. The lowest BCUT2D eigenvalue weighted by Gasteiger charge is -2.50. The Morgan fingerprint density at radius 1 is 0.778 bits per heavy atom. The summed E-state index contributed by atoms with van der Waals surface area (Å²) in [5.74, 6) is 1.06. The van der Waals surface area contributed by atoms with E-state index in [2.05, 4.69) is 71.9 Å². The van der Waals surface area contributed by atoms with Crippen molar-refractivity contribution in [2.24, 2.45) is 11.8 Å². The lowest BCUT2D eigenvalue weighted by atomic mass is 9.54. The average molecular weight is 368 g/mol. The van der Waals surface area contributed by atoms with Crippen LogP contribution >= 0.6 is 0 Å². The normalized spacial score (nSPS) is 16.1. The van der Waals surface area contributed by atoms with E-state index in [9.17, 15) is 10.1 Å². The van der Waals surface area contributed by atoms with Crippen molar-refractivity contribution < 1.29 is 4.92 Å². The molecule has 146 valence electrons. The fraction of sp³-hybridized carbons (Fsp3) is 0.500. The molecule has 3 nitrogen and oxygen atoms in total. The molecule has 0 heterocycles. The number of nitro groups is 1. The summed E-state index contributed by atoms with van der Waals surface area (Å²) in [5.41, 5.74) is 2.44. The highest BCUT2D eigenvalue weighted by atomic mass is 16.6. The quantitative estimate of drug-likeness (QED) is 0.376. The predicted molar refractivity (Wildman–Crippen MR) is 113 cm³/mol. The van der Waals surface area contributed by atoms with Crippen molar-refractivity contribution in [3.8, 4) is 0 Å². The van der Waals surface area contributed by atoms with E-state index in [-0.39, 0.29) is 21.4 Å². The van der Waals surface area contributed by atoms with Gasteiger partial charge in [-0.25, -0.2) is 0 Å². The van der Waals surface area contributed by atoms with Crippen molar-refractivity contribution in [3.05, 3.63) is 75.8 Å². The molecule has 0 spiro atoms. The summed E-state index contributed by atoms with van der Waals surface area (Å²) < 4.78 is 0. The Morgan fingerprint density at radius 2 is 1.19 bits per heavy atom. The fourth-order valence-electron chi connectivity index (χ4n) is 4.71. The van der Waals surface area contributed by atoms with Gasteiger partial charge in [-0.3, -0.25) is 10.1 Å². The van der Waals surface area contributed by atoms with Crippen molar-refractivity contribution in [2.45, 2.75) is 65.2 Å². The zero-order valence-corrected chi connectivity index (χ0v) is 17.5. The van der Waals surface area contributed by atoms with Gasteiger partial charge in [-0.05, 0) is 35.8 Å². The van der Waals surface area contributed by atoms with Crippen LogP contribution in [0.25, 0.3) is 0 Å². The third kappa shape index (κ3) is 4.40. The highest BCUT2D eigenvalue weighted by Gasteiger charge is 2.47. The minimum atomic E-state index is -0.325. The number of benzene rings is 2. The van der Waals surface area contributed by atoms with Crippen LogP contribution in [0.3, 0.4) is 0 Å². The summed E-state index contributed by atoms with van der Waals surface area (Å²) in [7, 11) is 0. The van der Waals surface area contributed by atoms with Crippen LogP contribution in [0.15, 0.2) is 54.6 Å². The van der Waals surface area contributed by atoms with Crippen LogP contribution in [-0.2, 0) is 10.8 Å². The van der Waals surface area contributed by atoms with E-state index in [4.69, 9.17) is 0 Å². The first-order chi connectivity index (χ1) is 12.6. The van der Waals surface area contributed by atoms with Gasteiger partial charge in [0.2, 0.25) is 0 Å². The summed E-state index contributed by atoms with van der Waals surface area (Å²) in [6, 6.07) is 18.0. The van der Waals surface area contributed by atoms with E-state index in [1.54, 1.807) is 12.1 Å². The van der Waals surface area contributed by atoms with Crippen LogP contribution in [0.5, 0.6) is 0 Å². The standard InChI is InChI=1S/C24H33NO2/c1-18(2)16-23(5,20-10-8-7-9-11-20)24(6,17-19(3)4)21-12-14-22(15-13-21)25(26)27/h7-15,18-19H,16-17H2,1-6H3/t23-,24+/m1/s1. The van der Waals surface area contributed by atoms with E-state index < -0.39 is 0 Å². The van der Waals surface area contributed by atoms with Crippen molar-refractivity contribution in [1.29, 1.82) is 0 Å². The maximum Gasteiger partial charge on any atom is 0.269 e. The van der Waals surface area contributed by atoms with Crippen LogP contribution in [0.4, 0.5) is 5.69 Å². The van der Waals surface area contributed by atoms with E-state index >= 15 is 0 Å². The van der Waals surface area contributed by atoms with Gasteiger partial charge in [0.15, 0.2) is 0 Å². The second-order valence-corrected chi connectivity index (χ2v) is 9.03. The number of hydrogen-bond acceptors (Lipinski definition) is 2. The number of non-ortho nitro benzene ring substituents is 1. The van der Waals surface area contributed by atoms with Gasteiger partial charge < -0.3 is 0 Å². The lowest BCUT2D eigenvalue weighted by molar-refractivity contribution is -0.384. The summed E-state index contributed by atoms with van der Waals surface area (Å²) >= 11 is 0. The van der Waals surface area contributed by atoms with Crippen LogP contribution in [0.2, 0.25) is 0 Å². The molecule has 3 heteroatoms. The topological polar surface area (TPSA) is 43.1 Å². The molecule has 0 N–H and O–H groups in total. The Hall–Kier alpha value is -2.16. The smallest absolute Gasteiger partial charge is 0.258 e. The van der Waals surface area contributed by atoms with Gasteiger partial charge in [-0.15, -0.1) is 0 Å². The molecular formula is C24H33NO2. The Balaban J connectivity index is 2.67. The monoisotopic (exact) mass is 367 g/mol. The number of nitro benzene ring substituents is 1. The van der Waals surface area contributed by atoms with Crippen molar-refractivity contribution in [2.75, 3.05) is 0 Å². The van der Waals surface area contributed by atoms with Gasteiger partial charge in [-0.2, -0.15) is 0 Å². The summed E-state index contributed by atoms with van der Waals surface area (Å²) in [6.07, 6.45) is 2.07. The SMILES string of the molecule is CC(C)C[C@@](C)(c1ccc([N+](=O)[O-])cc1)[C@](C)(CC(C)C)c1ccccc1. The molecular weight excluding hydrogens is 334 g/mol. The summed E-state index contributed by atoms with van der Waals surface area (Å²) in [6.45, 7) is 13.8.